The monoisotopic (exact) mass is 598 g/mol. The highest BCUT2D eigenvalue weighted by Gasteiger charge is 2.38. The van der Waals surface area contributed by atoms with Crippen molar-refractivity contribution >= 4 is 11.4 Å². The van der Waals surface area contributed by atoms with Gasteiger partial charge in [-0.05, 0) is 71.2 Å². The van der Waals surface area contributed by atoms with E-state index in [4.69, 9.17) is 20.9 Å². The van der Waals surface area contributed by atoms with Crippen LogP contribution in [-0.4, -0.2) is 0 Å². The van der Waals surface area contributed by atoms with E-state index in [2.05, 4.69) is 65.8 Å². The molecule has 1 aliphatic carbocycles. The minimum Gasteiger partial charge on any atom is -0.454 e. The first kappa shape index (κ1) is 31.4. The van der Waals surface area contributed by atoms with Crippen LogP contribution >= 0.6 is 0 Å². The largest absolute Gasteiger partial charge is 0.454 e. The van der Waals surface area contributed by atoms with E-state index in [9.17, 15) is 8.78 Å². The summed E-state index contributed by atoms with van der Waals surface area (Å²) < 4.78 is 42.0. The van der Waals surface area contributed by atoms with Crippen molar-refractivity contribution in [3.05, 3.63) is 107 Å². The number of ether oxygens (including phenoxy) is 2. The summed E-state index contributed by atoms with van der Waals surface area (Å²) in [5.74, 6) is 0.320. The molecule has 0 spiro atoms. The molecule has 4 aromatic carbocycles. The Bertz CT molecular complexity index is 1540. The summed E-state index contributed by atoms with van der Waals surface area (Å²) in [7, 11) is 0. The second kappa shape index (κ2) is 11.8. The number of rotatable bonds is 6. The lowest BCUT2D eigenvalue weighted by molar-refractivity contribution is 0.343. The highest BCUT2D eigenvalue weighted by atomic mass is 19.1. The second-order valence-corrected chi connectivity index (χ2v) is 14.1. The van der Waals surface area contributed by atoms with Crippen molar-refractivity contribution in [3.63, 3.8) is 0 Å². The van der Waals surface area contributed by atoms with Crippen molar-refractivity contribution in [2.75, 3.05) is 11.5 Å². The quantitative estimate of drug-likeness (QED) is 0.217. The zero-order valence-electron chi connectivity index (χ0n) is 26.7. The van der Waals surface area contributed by atoms with Crippen molar-refractivity contribution in [1.29, 1.82) is 0 Å². The maximum absolute atomic E-state index is 14.8. The van der Waals surface area contributed by atoms with Gasteiger partial charge in [0.15, 0.2) is 23.1 Å². The lowest BCUT2D eigenvalue weighted by Gasteiger charge is -2.40. The van der Waals surface area contributed by atoms with E-state index < -0.39 is 11.6 Å². The summed E-state index contributed by atoms with van der Waals surface area (Å²) in [5.41, 5.74) is 15.4. The van der Waals surface area contributed by atoms with Crippen LogP contribution in [0.25, 0.3) is 0 Å². The average Bonchev–Trinajstić information content (AvgIpc) is 2.97. The lowest BCUT2D eigenvalue weighted by Crippen LogP contribution is -2.31. The summed E-state index contributed by atoms with van der Waals surface area (Å²) in [6, 6.07) is 22.3. The van der Waals surface area contributed by atoms with E-state index in [1.165, 1.54) is 29.7 Å². The fourth-order valence-corrected chi connectivity index (χ4v) is 6.35. The molecule has 0 heterocycles. The Hall–Kier alpha value is -4.06. The maximum atomic E-state index is 14.8. The molecule has 5 rings (SSSR count). The molecule has 232 valence electrons. The van der Waals surface area contributed by atoms with E-state index in [0.717, 1.165) is 36.8 Å². The van der Waals surface area contributed by atoms with Gasteiger partial charge in [-0.3, -0.25) is 0 Å². The number of halogens is 2. The average molecular weight is 599 g/mol. The van der Waals surface area contributed by atoms with Crippen molar-refractivity contribution in [2.24, 2.45) is 0 Å². The summed E-state index contributed by atoms with van der Waals surface area (Å²) in [5, 5.41) is 0. The van der Waals surface area contributed by atoms with Gasteiger partial charge in [-0.25, -0.2) is 8.78 Å². The molecule has 1 aliphatic rings. The number of benzene rings is 4. The van der Waals surface area contributed by atoms with Gasteiger partial charge in [0.2, 0.25) is 0 Å². The number of hydrogen-bond donors (Lipinski definition) is 2. The van der Waals surface area contributed by atoms with Crippen molar-refractivity contribution < 1.29 is 18.3 Å². The van der Waals surface area contributed by atoms with Gasteiger partial charge in [-0.15, -0.1) is 0 Å². The molecule has 4 nitrogen and oxygen atoms in total. The smallest absolute Gasteiger partial charge is 0.188 e. The normalized spacial score (nSPS) is 15.2. The molecule has 4 N–H and O–H groups in total. The Morgan fingerprint density at radius 2 is 0.977 bits per heavy atom. The van der Waals surface area contributed by atoms with Gasteiger partial charge in [0.1, 0.15) is 11.5 Å². The first-order chi connectivity index (χ1) is 20.7. The molecule has 1 saturated carbocycles. The Labute approximate surface area is 260 Å². The van der Waals surface area contributed by atoms with Gasteiger partial charge in [-0.2, -0.15) is 0 Å². The van der Waals surface area contributed by atoms with Crippen molar-refractivity contribution in [1.82, 2.24) is 0 Å². The molecule has 0 amide bonds. The molecule has 0 radical (unpaired) electrons. The minimum atomic E-state index is -0.560. The van der Waals surface area contributed by atoms with Crippen LogP contribution in [-0.2, 0) is 16.2 Å². The molecular weight excluding hydrogens is 554 g/mol. The highest BCUT2D eigenvalue weighted by Crippen LogP contribution is 2.49. The molecule has 0 bridgehead atoms. The summed E-state index contributed by atoms with van der Waals surface area (Å²) >= 11 is 0. The third-order valence-electron chi connectivity index (χ3n) is 8.81. The second-order valence-electron chi connectivity index (χ2n) is 14.1. The van der Waals surface area contributed by atoms with Gasteiger partial charge in [0.25, 0.3) is 0 Å². The van der Waals surface area contributed by atoms with Crippen molar-refractivity contribution in [2.45, 2.75) is 89.9 Å². The van der Waals surface area contributed by atoms with Crippen LogP contribution in [0.3, 0.4) is 0 Å². The fourth-order valence-electron chi connectivity index (χ4n) is 6.35. The summed E-state index contributed by atoms with van der Waals surface area (Å²) in [6.45, 7) is 12.8. The molecular formula is C38H44F2N2O2. The zero-order chi connectivity index (χ0) is 31.9. The van der Waals surface area contributed by atoms with Crippen LogP contribution in [0.5, 0.6) is 23.0 Å². The van der Waals surface area contributed by atoms with Crippen molar-refractivity contribution in [3.8, 4) is 23.0 Å². The molecule has 1 fully saturated rings. The van der Waals surface area contributed by atoms with Crippen LogP contribution in [0.15, 0.2) is 72.8 Å². The zero-order valence-corrected chi connectivity index (χ0v) is 26.7. The Kier molecular flexibility index (Phi) is 8.41. The predicted octanol–water partition coefficient (Wildman–Crippen LogP) is 10.6. The van der Waals surface area contributed by atoms with Gasteiger partial charge >= 0.3 is 0 Å². The lowest BCUT2D eigenvalue weighted by atomic mass is 9.64. The number of hydrogen-bond acceptors (Lipinski definition) is 4. The SMILES string of the molecule is CC(C)(C)c1cc(C2(c3ccc(Oc4cccc(N)c4F)c(C(C)(C)C)c3)CCCCC2)ccc1Oc1cccc(N)c1F. The maximum Gasteiger partial charge on any atom is 0.188 e. The first-order valence-electron chi connectivity index (χ1n) is 15.4. The van der Waals surface area contributed by atoms with E-state index in [1.54, 1.807) is 24.3 Å². The Balaban J connectivity index is 1.62. The number of nitrogen functional groups attached to an aromatic ring is 2. The van der Waals surface area contributed by atoms with Crippen LogP contribution in [0.2, 0.25) is 0 Å². The highest BCUT2D eigenvalue weighted by molar-refractivity contribution is 5.55. The molecule has 0 saturated heterocycles. The van der Waals surface area contributed by atoms with Gasteiger partial charge in [-0.1, -0.05) is 97.2 Å². The fraction of sp³-hybridized carbons (Fsp3) is 0.368. The molecule has 6 heteroatoms. The first-order valence-corrected chi connectivity index (χ1v) is 15.4. The molecule has 44 heavy (non-hydrogen) atoms. The molecule has 4 aromatic rings. The van der Waals surface area contributed by atoms with Crippen LogP contribution in [0.4, 0.5) is 20.2 Å². The standard InChI is InChI=1S/C38H44F2N2O2/c1-36(2,3)26-22-24(16-18-30(26)43-32-14-10-12-28(41)34(32)39)38(20-8-7-9-21-38)25-17-19-31(27(23-25)37(4,5)6)44-33-15-11-13-29(42)35(33)40/h10-19,22-23H,7-9,20-21,41-42H2,1-6H3. The molecule has 0 aliphatic heterocycles. The Morgan fingerprint density at radius 3 is 1.36 bits per heavy atom. The third kappa shape index (κ3) is 6.12. The van der Waals surface area contributed by atoms with Crippen LogP contribution in [0, 0.1) is 11.6 Å². The van der Waals surface area contributed by atoms with E-state index >= 15 is 0 Å². The summed E-state index contributed by atoms with van der Waals surface area (Å²) in [4.78, 5) is 0. The predicted molar refractivity (Wildman–Crippen MR) is 176 cm³/mol. The topological polar surface area (TPSA) is 70.5 Å². The van der Waals surface area contributed by atoms with Crippen LogP contribution in [0.1, 0.15) is 95.9 Å². The van der Waals surface area contributed by atoms with Gasteiger partial charge in [0.05, 0.1) is 11.4 Å². The van der Waals surface area contributed by atoms with E-state index in [1.807, 2.05) is 12.1 Å². The number of nitrogens with two attached hydrogens (primary N) is 2. The Morgan fingerprint density at radius 1 is 0.568 bits per heavy atom. The molecule has 0 aromatic heterocycles. The van der Waals surface area contributed by atoms with E-state index in [0.29, 0.717) is 11.5 Å². The van der Waals surface area contributed by atoms with Crippen LogP contribution < -0.4 is 20.9 Å². The van der Waals surface area contributed by atoms with Gasteiger partial charge in [0, 0.05) is 16.5 Å². The van der Waals surface area contributed by atoms with E-state index in [-0.39, 0.29) is 39.1 Å². The summed E-state index contributed by atoms with van der Waals surface area (Å²) in [6.07, 6.45) is 5.39. The van der Waals surface area contributed by atoms with Gasteiger partial charge < -0.3 is 20.9 Å². The molecule has 0 atom stereocenters. The number of anilines is 2. The third-order valence-corrected chi connectivity index (χ3v) is 8.81. The molecule has 0 unspecified atom stereocenters. The minimum absolute atomic E-state index is 0.0538.